The normalized spacial score (nSPS) is 10.9. The fourth-order valence-electron chi connectivity index (χ4n) is 1.75. The Bertz CT molecular complexity index is 605. The molecule has 0 amide bonds. The van der Waals surface area contributed by atoms with Gasteiger partial charge in [-0.3, -0.25) is 0 Å². The van der Waals surface area contributed by atoms with Gasteiger partial charge in [-0.1, -0.05) is 18.5 Å². The van der Waals surface area contributed by atoms with E-state index in [1.54, 1.807) is 11.3 Å². The molecule has 2 rings (SSSR count). The molecule has 0 unspecified atom stereocenters. The van der Waals surface area contributed by atoms with Crippen molar-refractivity contribution in [3.8, 4) is 5.75 Å². The van der Waals surface area contributed by atoms with Gasteiger partial charge < -0.3 is 10.1 Å². The van der Waals surface area contributed by atoms with Gasteiger partial charge in [-0.15, -0.1) is 11.3 Å². The minimum atomic E-state index is -0.481. The second kappa shape index (κ2) is 8.13. The van der Waals surface area contributed by atoms with Gasteiger partial charge in [0.15, 0.2) is 0 Å². The SMILES string of the molecule is CCCNCc1ccc(COc2cc(F)c(Cl)cc2Br)s1. The van der Waals surface area contributed by atoms with Gasteiger partial charge in [0, 0.05) is 22.4 Å². The molecule has 1 aromatic heterocycles. The van der Waals surface area contributed by atoms with Crippen LogP contribution in [0, 0.1) is 5.82 Å². The summed E-state index contributed by atoms with van der Waals surface area (Å²) in [7, 11) is 0. The van der Waals surface area contributed by atoms with Gasteiger partial charge in [0.05, 0.1) is 9.50 Å². The number of benzene rings is 1. The quantitative estimate of drug-likeness (QED) is 0.504. The van der Waals surface area contributed by atoms with E-state index in [-0.39, 0.29) is 5.02 Å². The molecular formula is C15H16BrClFNOS. The first kappa shape index (κ1) is 16.7. The number of halogens is 3. The molecule has 2 aromatic rings. The van der Waals surface area contributed by atoms with E-state index in [9.17, 15) is 4.39 Å². The van der Waals surface area contributed by atoms with Crippen LogP contribution in [0.4, 0.5) is 4.39 Å². The molecule has 0 spiro atoms. The third-order valence-electron chi connectivity index (χ3n) is 2.79. The van der Waals surface area contributed by atoms with Gasteiger partial charge in [0.2, 0.25) is 0 Å². The molecule has 1 aromatic carbocycles. The Morgan fingerprint density at radius 1 is 1.33 bits per heavy atom. The van der Waals surface area contributed by atoms with Crippen LogP contribution in [0.15, 0.2) is 28.7 Å². The molecule has 0 fully saturated rings. The lowest BCUT2D eigenvalue weighted by Gasteiger charge is -2.08. The number of thiophene rings is 1. The van der Waals surface area contributed by atoms with Crippen LogP contribution in [0.5, 0.6) is 5.75 Å². The van der Waals surface area contributed by atoms with E-state index in [0.717, 1.165) is 24.4 Å². The molecule has 2 nitrogen and oxygen atoms in total. The highest BCUT2D eigenvalue weighted by Gasteiger charge is 2.09. The molecule has 0 saturated carbocycles. The fourth-order valence-corrected chi connectivity index (χ4v) is 3.40. The Kier molecular flexibility index (Phi) is 6.48. The summed E-state index contributed by atoms with van der Waals surface area (Å²) in [6, 6.07) is 6.92. The van der Waals surface area contributed by atoms with Crippen molar-refractivity contribution < 1.29 is 9.13 Å². The summed E-state index contributed by atoms with van der Waals surface area (Å²) in [5.74, 6) is -0.0264. The third kappa shape index (κ3) is 4.95. The van der Waals surface area contributed by atoms with E-state index in [2.05, 4.69) is 34.2 Å². The lowest BCUT2D eigenvalue weighted by atomic mass is 10.3. The Labute approximate surface area is 141 Å². The van der Waals surface area contributed by atoms with E-state index < -0.39 is 5.82 Å². The van der Waals surface area contributed by atoms with Gasteiger partial charge >= 0.3 is 0 Å². The standard InChI is InChI=1S/C15H16BrClFNOS/c1-2-5-19-8-10-3-4-11(21-10)9-20-15-7-14(18)13(17)6-12(15)16/h3-4,6-7,19H,2,5,8-9H2,1H3. The molecule has 6 heteroatoms. The topological polar surface area (TPSA) is 21.3 Å². The lowest BCUT2D eigenvalue weighted by Crippen LogP contribution is -2.12. The molecule has 0 atom stereocenters. The number of ether oxygens (including phenoxy) is 1. The Hall–Kier alpha value is -0.620. The Morgan fingerprint density at radius 3 is 2.86 bits per heavy atom. The number of nitrogens with one attached hydrogen (secondary N) is 1. The highest BCUT2D eigenvalue weighted by molar-refractivity contribution is 9.10. The first-order chi connectivity index (χ1) is 10.1. The van der Waals surface area contributed by atoms with Crippen LogP contribution >= 0.6 is 38.9 Å². The Balaban J connectivity index is 1.92. The van der Waals surface area contributed by atoms with E-state index >= 15 is 0 Å². The highest BCUT2D eigenvalue weighted by Crippen LogP contribution is 2.31. The van der Waals surface area contributed by atoms with E-state index in [4.69, 9.17) is 16.3 Å². The molecule has 0 aliphatic heterocycles. The highest BCUT2D eigenvalue weighted by atomic mass is 79.9. The van der Waals surface area contributed by atoms with Gasteiger partial charge in [0.25, 0.3) is 0 Å². The predicted molar refractivity (Wildman–Crippen MR) is 89.8 cm³/mol. The summed E-state index contributed by atoms with van der Waals surface area (Å²) < 4.78 is 19.7. The van der Waals surface area contributed by atoms with Crippen LogP contribution in [-0.2, 0) is 13.2 Å². The maximum absolute atomic E-state index is 13.4. The molecule has 1 N–H and O–H groups in total. The minimum Gasteiger partial charge on any atom is -0.487 e. The van der Waals surface area contributed by atoms with Gasteiger partial charge in [0.1, 0.15) is 18.2 Å². The van der Waals surface area contributed by atoms with Crippen LogP contribution in [-0.4, -0.2) is 6.54 Å². The van der Waals surface area contributed by atoms with E-state index in [1.807, 2.05) is 6.07 Å². The summed E-state index contributed by atoms with van der Waals surface area (Å²) >= 11 is 10.7. The van der Waals surface area contributed by atoms with Crippen LogP contribution in [0.1, 0.15) is 23.1 Å². The molecule has 114 valence electrons. The molecule has 0 radical (unpaired) electrons. The van der Waals surface area contributed by atoms with Crippen LogP contribution < -0.4 is 10.1 Å². The second-order valence-corrected chi connectivity index (χ2v) is 7.04. The van der Waals surface area contributed by atoms with Crippen molar-refractivity contribution >= 4 is 38.9 Å². The Morgan fingerprint density at radius 2 is 2.10 bits per heavy atom. The molecule has 0 aliphatic rings. The van der Waals surface area contributed by atoms with E-state index in [0.29, 0.717) is 16.8 Å². The van der Waals surface area contributed by atoms with Crippen molar-refractivity contribution in [3.05, 3.63) is 49.3 Å². The third-order valence-corrected chi connectivity index (χ3v) is 4.76. The maximum Gasteiger partial charge on any atom is 0.145 e. The largest absolute Gasteiger partial charge is 0.487 e. The van der Waals surface area contributed by atoms with Crippen molar-refractivity contribution in [3.63, 3.8) is 0 Å². The zero-order valence-corrected chi connectivity index (χ0v) is 14.7. The molecule has 0 aliphatic carbocycles. The minimum absolute atomic E-state index is 0.0784. The van der Waals surface area contributed by atoms with Gasteiger partial charge in [-0.25, -0.2) is 4.39 Å². The molecule has 21 heavy (non-hydrogen) atoms. The molecule has 0 saturated heterocycles. The number of hydrogen-bond acceptors (Lipinski definition) is 3. The van der Waals surface area contributed by atoms with Crippen molar-refractivity contribution in [2.75, 3.05) is 6.54 Å². The van der Waals surface area contributed by atoms with Crippen molar-refractivity contribution in [2.24, 2.45) is 0 Å². The zero-order chi connectivity index (χ0) is 15.2. The first-order valence-corrected chi connectivity index (χ1v) is 8.64. The van der Waals surface area contributed by atoms with Crippen molar-refractivity contribution in [1.82, 2.24) is 5.32 Å². The maximum atomic E-state index is 13.4. The van der Waals surface area contributed by atoms with Crippen molar-refractivity contribution in [2.45, 2.75) is 26.5 Å². The summed E-state index contributed by atoms with van der Waals surface area (Å²) in [5, 5.41) is 3.44. The number of hydrogen-bond donors (Lipinski definition) is 1. The monoisotopic (exact) mass is 391 g/mol. The zero-order valence-electron chi connectivity index (χ0n) is 11.6. The van der Waals surface area contributed by atoms with Gasteiger partial charge in [-0.05, 0) is 47.1 Å². The number of rotatable bonds is 7. The van der Waals surface area contributed by atoms with E-state index in [1.165, 1.54) is 17.0 Å². The first-order valence-electron chi connectivity index (χ1n) is 6.65. The predicted octanol–water partition coefficient (Wildman–Crippen LogP) is 5.38. The van der Waals surface area contributed by atoms with Crippen LogP contribution in [0.25, 0.3) is 0 Å². The molecule has 0 bridgehead atoms. The van der Waals surface area contributed by atoms with Crippen LogP contribution in [0.2, 0.25) is 5.02 Å². The average Bonchev–Trinajstić information content (AvgIpc) is 2.90. The summed E-state index contributed by atoms with van der Waals surface area (Å²) in [5.41, 5.74) is 0. The molecule has 1 heterocycles. The average molecular weight is 393 g/mol. The van der Waals surface area contributed by atoms with Crippen LogP contribution in [0.3, 0.4) is 0 Å². The second-order valence-electron chi connectivity index (χ2n) is 4.53. The lowest BCUT2D eigenvalue weighted by molar-refractivity contribution is 0.306. The smallest absolute Gasteiger partial charge is 0.145 e. The van der Waals surface area contributed by atoms with Gasteiger partial charge in [-0.2, -0.15) is 0 Å². The van der Waals surface area contributed by atoms with Crippen molar-refractivity contribution in [1.29, 1.82) is 0 Å². The summed E-state index contributed by atoms with van der Waals surface area (Å²) in [6.45, 7) is 4.44. The summed E-state index contributed by atoms with van der Waals surface area (Å²) in [6.07, 6.45) is 1.12. The summed E-state index contributed by atoms with van der Waals surface area (Å²) in [4.78, 5) is 2.37. The molecular weight excluding hydrogens is 377 g/mol. The fraction of sp³-hybridized carbons (Fsp3) is 0.333.